The van der Waals surface area contributed by atoms with Gasteiger partial charge in [0.15, 0.2) is 0 Å². The Bertz CT molecular complexity index is 457. The summed E-state index contributed by atoms with van der Waals surface area (Å²) in [6, 6.07) is 6.90. The van der Waals surface area contributed by atoms with Crippen molar-refractivity contribution < 1.29 is 9.53 Å². The summed E-state index contributed by atoms with van der Waals surface area (Å²) in [5.41, 5.74) is 1.23. The maximum absolute atomic E-state index is 10.8. The summed E-state index contributed by atoms with van der Waals surface area (Å²) in [7, 11) is 0. The number of carbonyl (C=O) groups is 1. The maximum atomic E-state index is 10.8. The summed E-state index contributed by atoms with van der Waals surface area (Å²) < 4.78 is 4.94. The number of hydrogen-bond donors (Lipinski definition) is 0. The number of nitriles is 1. The molecule has 0 fully saturated rings. The first-order valence-electron chi connectivity index (χ1n) is 4.76. The molecule has 0 saturated heterocycles. The van der Waals surface area contributed by atoms with E-state index in [1.54, 1.807) is 18.2 Å². The Balaban J connectivity index is 3.16. The Labute approximate surface area is 95.0 Å². The highest BCUT2D eigenvalue weighted by Gasteiger charge is 2.07. The van der Waals surface area contributed by atoms with Gasteiger partial charge in [0.25, 0.3) is 0 Å². The molecule has 1 aromatic carbocycles. The maximum Gasteiger partial charge on any atom is 0.308 e. The number of hydrogen-bond acceptors (Lipinski definition) is 3. The van der Waals surface area contributed by atoms with Crippen molar-refractivity contribution in [2.75, 3.05) is 0 Å². The molecule has 1 unspecified atom stereocenters. The van der Waals surface area contributed by atoms with Crippen molar-refractivity contribution >= 4 is 5.97 Å². The van der Waals surface area contributed by atoms with Crippen molar-refractivity contribution in [3.8, 4) is 11.8 Å². The van der Waals surface area contributed by atoms with Crippen LogP contribution in [0.3, 0.4) is 0 Å². The monoisotopic (exact) mass is 214 g/mol. The van der Waals surface area contributed by atoms with E-state index in [0.29, 0.717) is 11.3 Å². The second-order valence-corrected chi connectivity index (χ2v) is 3.34. The molecule has 16 heavy (non-hydrogen) atoms. The normalized spacial score (nSPS) is 11.3. The summed E-state index contributed by atoms with van der Waals surface area (Å²) in [6.07, 6.45) is 1.66. The van der Waals surface area contributed by atoms with Gasteiger partial charge in [0.1, 0.15) is 5.75 Å². The Hall–Kier alpha value is -2.08. The van der Waals surface area contributed by atoms with Crippen LogP contribution in [0.5, 0.6) is 5.75 Å². The van der Waals surface area contributed by atoms with Crippen LogP contribution in [0.25, 0.3) is 0 Å². The van der Waals surface area contributed by atoms with Gasteiger partial charge in [-0.05, 0) is 30.7 Å². The van der Waals surface area contributed by atoms with Gasteiger partial charge in [-0.3, -0.25) is 4.79 Å². The van der Waals surface area contributed by atoms with E-state index in [1.165, 1.54) is 13.0 Å². The van der Waals surface area contributed by atoms with Gasteiger partial charge >= 0.3 is 5.97 Å². The molecule has 1 rings (SSSR count). The van der Waals surface area contributed by atoms with E-state index in [0.717, 1.165) is 5.56 Å². The molecule has 3 heteroatoms. The Morgan fingerprint density at radius 2 is 2.25 bits per heavy atom. The standard InChI is InChI=1S/C13H12NO2/c1-4-9(2)12-5-11(8-14)6-13(7-12)16-10(3)15/h4-7,9H,1-2H2,3H3. The minimum Gasteiger partial charge on any atom is -0.427 e. The number of nitrogens with zero attached hydrogens (tertiary/aromatic N) is 1. The molecule has 0 bridgehead atoms. The van der Waals surface area contributed by atoms with Gasteiger partial charge in [0.05, 0.1) is 11.6 Å². The fourth-order valence-corrected chi connectivity index (χ4v) is 1.26. The van der Waals surface area contributed by atoms with Gasteiger partial charge in [0.2, 0.25) is 0 Å². The number of rotatable bonds is 3. The van der Waals surface area contributed by atoms with Crippen molar-refractivity contribution in [2.45, 2.75) is 12.8 Å². The molecule has 0 spiro atoms. The van der Waals surface area contributed by atoms with Crippen LogP contribution in [0.2, 0.25) is 0 Å². The van der Waals surface area contributed by atoms with Crippen LogP contribution in [0, 0.1) is 18.3 Å². The molecule has 0 N–H and O–H groups in total. The minimum absolute atomic E-state index is 0.136. The summed E-state index contributed by atoms with van der Waals surface area (Å²) in [6.45, 7) is 8.80. The first-order chi connectivity index (χ1) is 7.56. The molecule has 1 radical (unpaired) electrons. The summed E-state index contributed by atoms with van der Waals surface area (Å²) in [4.78, 5) is 10.8. The van der Waals surface area contributed by atoms with Crippen molar-refractivity contribution in [3.05, 3.63) is 48.9 Å². The Kier molecular flexibility index (Phi) is 3.84. The zero-order valence-corrected chi connectivity index (χ0v) is 9.06. The number of carbonyl (C=O) groups excluding carboxylic acids is 1. The number of allylic oxidation sites excluding steroid dienone is 1. The van der Waals surface area contributed by atoms with Crippen LogP contribution in [-0.4, -0.2) is 5.97 Å². The predicted molar refractivity (Wildman–Crippen MR) is 60.8 cm³/mol. The molecule has 0 saturated carbocycles. The first kappa shape index (κ1) is 12.0. The third-order valence-electron chi connectivity index (χ3n) is 2.03. The van der Waals surface area contributed by atoms with E-state index < -0.39 is 5.97 Å². The van der Waals surface area contributed by atoms with Gasteiger partial charge in [0, 0.05) is 12.8 Å². The van der Waals surface area contributed by atoms with E-state index in [-0.39, 0.29) is 5.92 Å². The van der Waals surface area contributed by atoms with Crippen molar-refractivity contribution in [2.24, 2.45) is 0 Å². The fraction of sp³-hybridized carbons (Fsp3) is 0.154. The highest BCUT2D eigenvalue weighted by Crippen LogP contribution is 2.23. The van der Waals surface area contributed by atoms with Gasteiger partial charge in [-0.25, -0.2) is 0 Å². The van der Waals surface area contributed by atoms with Crippen molar-refractivity contribution in [3.63, 3.8) is 0 Å². The van der Waals surface area contributed by atoms with Crippen LogP contribution >= 0.6 is 0 Å². The van der Waals surface area contributed by atoms with E-state index in [4.69, 9.17) is 10.00 Å². The van der Waals surface area contributed by atoms with E-state index >= 15 is 0 Å². The molecule has 0 aliphatic heterocycles. The van der Waals surface area contributed by atoms with Crippen LogP contribution in [0.1, 0.15) is 24.0 Å². The van der Waals surface area contributed by atoms with Gasteiger partial charge < -0.3 is 4.74 Å². The lowest BCUT2D eigenvalue weighted by Gasteiger charge is -2.09. The molecular weight excluding hydrogens is 202 g/mol. The molecule has 1 atom stereocenters. The van der Waals surface area contributed by atoms with Gasteiger partial charge in [-0.1, -0.05) is 6.08 Å². The number of esters is 1. The lowest BCUT2D eigenvalue weighted by Crippen LogP contribution is -2.02. The number of benzene rings is 1. The Morgan fingerprint density at radius 1 is 1.56 bits per heavy atom. The fourth-order valence-electron chi connectivity index (χ4n) is 1.26. The minimum atomic E-state index is -0.416. The van der Waals surface area contributed by atoms with Crippen molar-refractivity contribution in [1.82, 2.24) is 0 Å². The molecule has 0 aromatic heterocycles. The predicted octanol–water partition coefficient (Wildman–Crippen LogP) is 2.59. The molecule has 0 amide bonds. The second kappa shape index (κ2) is 5.13. The zero-order valence-electron chi connectivity index (χ0n) is 9.06. The molecule has 0 aliphatic carbocycles. The molecular formula is C13H12NO2. The molecule has 0 heterocycles. The second-order valence-electron chi connectivity index (χ2n) is 3.34. The van der Waals surface area contributed by atoms with Gasteiger partial charge in [-0.15, -0.1) is 6.58 Å². The van der Waals surface area contributed by atoms with Crippen LogP contribution in [0.15, 0.2) is 30.9 Å². The molecule has 81 valence electrons. The van der Waals surface area contributed by atoms with Crippen molar-refractivity contribution in [1.29, 1.82) is 5.26 Å². The molecule has 0 aliphatic rings. The highest BCUT2D eigenvalue weighted by molar-refractivity contribution is 5.69. The van der Waals surface area contributed by atoms with Gasteiger partial charge in [-0.2, -0.15) is 5.26 Å². The lowest BCUT2D eigenvalue weighted by molar-refractivity contribution is -0.131. The summed E-state index contributed by atoms with van der Waals surface area (Å²) >= 11 is 0. The largest absolute Gasteiger partial charge is 0.427 e. The van der Waals surface area contributed by atoms with Crippen LogP contribution < -0.4 is 4.74 Å². The summed E-state index contributed by atoms with van der Waals surface area (Å²) in [5, 5.41) is 8.84. The topological polar surface area (TPSA) is 50.1 Å². The average molecular weight is 214 g/mol. The third-order valence-corrected chi connectivity index (χ3v) is 2.03. The smallest absolute Gasteiger partial charge is 0.308 e. The van der Waals surface area contributed by atoms with Crippen LogP contribution in [0.4, 0.5) is 0 Å². The van der Waals surface area contributed by atoms with E-state index in [2.05, 4.69) is 13.5 Å². The quantitative estimate of drug-likeness (QED) is 0.441. The summed E-state index contributed by atoms with van der Waals surface area (Å²) in [5.74, 6) is -0.195. The highest BCUT2D eigenvalue weighted by atomic mass is 16.5. The Morgan fingerprint density at radius 3 is 2.75 bits per heavy atom. The lowest BCUT2D eigenvalue weighted by atomic mass is 9.99. The van der Waals surface area contributed by atoms with Crippen LogP contribution in [-0.2, 0) is 4.79 Å². The van der Waals surface area contributed by atoms with E-state index in [9.17, 15) is 4.79 Å². The SMILES string of the molecule is [CH2]C(C=C)c1cc(C#N)cc(OC(C)=O)c1. The third kappa shape index (κ3) is 2.96. The first-order valence-corrected chi connectivity index (χ1v) is 4.76. The van der Waals surface area contributed by atoms with E-state index in [1.807, 2.05) is 6.07 Å². The average Bonchev–Trinajstić information content (AvgIpc) is 2.26. The molecule has 1 aromatic rings. The molecule has 3 nitrogen and oxygen atoms in total. The zero-order chi connectivity index (χ0) is 12.1. The number of ether oxygens (including phenoxy) is 1.